The monoisotopic (exact) mass is 233 g/mol. The Morgan fingerprint density at radius 2 is 2.24 bits per heavy atom. The highest BCUT2D eigenvalue weighted by Crippen LogP contribution is 2.21. The zero-order valence-electron chi connectivity index (χ0n) is 10.1. The number of benzene rings is 1. The molecule has 5 heteroatoms. The molecule has 90 valence electrons. The molecule has 0 unspecified atom stereocenters. The minimum atomic E-state index is -0.170. The maximum Gasteiger partial charge on any atom is 0.272 e. The highest BCUT2D eigenvalue weighted by atomic mass is 16.5. The van der Waals surface area contributed by atoms with Crippen molar-refractivity contribution in [3.05, 3.63) is 23.9 Å². The zero-order chi connectivity index (χ0) is 12.4. The van der Waals surface area contributed by atoms with Crippen LogP contribution in [0.25, 0.3) is 10.9 Å². The van der Waals surface area contributed by atoms with Gasteiger partial charge in [-0.1, -0.05) is 0 Å². The van der Waals surface area contributed by atoms with Crippen LogP contribution in [0.1, 0.15) is 24.3 Å². The van der Waals surface area contributed by atoms with Crippen molar-refractivity contribution in [3.8, 4) is 5.75 Å². The van der Waals surface area contributed by atoms with Gasteiger partial charge in [-0.05, 0) is 26.0 Å². The summed E-state index contributed by atoms with van der Waals surface area (Å²) in [6.07, 6.45) is 0. The third-order valence-electron chi connectivity index (χ3n) is 2.40. The first-order valence-corrected chi connectivity index (χ1v) is 5.45. The van der Waals surface area contributed by atoms with Crippen LogP contribution in [0.4, 0.5) is 0 Å². The molecule has 1 aromatic carbocycles. The summed E-state index contributed by atoms with van der Waals surface area (Å²) < 4.78 is 5.11. The number of methoxy groups -OCH3 is 1. The lowest BCUT2D eigenvalue weighted by Crippen LogP contribution is -2.30. The van der Waals surface area contributed by atoms with Gasteiger partial charge in [0.05, 0.1) is 12.6 Å². The van der Waals surface area contributed by atoms with Gasteiger partial charge < -0.3 is 10.1 Å². The van der Waals surface area contributed by atoms with E-state index in [1.807, 2.05) is 32.0 Å². The standard InChI is InChI=1S/C12H15N3O2/c1-7(2)13-12(16)11-9-5-4-8(17-3)6-10(9)14-15-11/h4-7H,1-3H3,(H,13,16)(H,14,15). The first kappa shape index (κ1) is 11.4. The largest absolute Gasteiger partial charge is 0.497 e. The van der Waals surface area contributed by atoms with Crippen molar-refractivity contribution in [3.63, 3.8) is 0 Å². The molecule has 1 amide bonds. The van der Waals surface area contributed by atoms with Gasteiger partial charge in [0, 0.05) is 17.5 Å². The molecule has 0 aliphatic rings. The molecule has 0 fully saturated rings. The number of amides is 1. The molecule has 2 N–H and O–H groups in total. The number of ether oxygens (including phenoxy) is 1. The van der Waals surface area contributed by atoms with Crippen molar-refractivity contribution < 1.29 is 9.53 Å². The Bertz CT molecular complexity index is 546. The molecule has 0 spiro atoms. The normalized spacial score (nSPS) is 10.8. The molecule has 0 atom stereocenters. The smallest absolute Gasteiger partial charge is 0.272 e. The first-order valence-electron chi connectivity index (χ1n) is 5.45. The fraction of sp³-hybridized carbons (Fsp3) is 0.333. The van der Waals surface area contributed by atoms with Gasteiger partial charge in [-0.15, -0.1) is 0 Å². The van der Waals surface area contributed by atoms with E-state index in [1.165, 1.54) is 0 Å². The zero-order valence-corrected chi connectivity index (χ0v) is 10.1. The number of fused-ring (bicyclic) bond motifs is 1. The SMILES string of the molecule is COc1ccc2c(C(=O)NC(C)C)n[nH]c2c1. The van der Waals surface area contributed by atoms with Crippen LogP contribution in [0.15, 0.2) is 18.2 Å². The average Bonchev–Trinajstić information content (AvgIpc) is 2.70. The van der Waals surface area contributed by atoms with Gasteiger partial charge in [0.1, 0.15) is 5.75 Å². The molecule has 0 saturated heterocycles. The summed E-state index contributed by atoms with van der Waals surface area (Å²) >= 11 is 0. The van der Waals surface area contributed by atoms with Crippen molar-refractivity contribution >= 4 is 16.8 Å². The fourth-order valence-corrected chi connectivity index (χ4v) is 1.63. The number of aromatic amines is 1. The van der Waals surface area contributed by atoms with Crippen LogP contribution in [0.2, 0.25) is 0 Å². The highest BCUT2D eigenvalue weighted by Gasteiger charge is 2.14. The van der Waals surface area contributed by atoms with E-state index in [2.05, 4.69) is 15.5 Å². The molecule has 2 rings (SSSR count). The van der Waals surface area contributed by atoms with Gasteiger partial charge in [0.15, 0.2) is 5.69 Å². The Kier molecular flexibility index (Phi) is 2.99. The number of aromatic nitrogens is 2. The van der Waals surface area contributed by atoms with E-state index < -0.39 is 0 Å². The molecule has 0 saturated carbocycles. The minimum absolute atomic E-state index is 0.0903. The Morgan fingerprint density at radius 3 is 2.88 bits per heavy atom. The Balaban J connectivity index is 2.39. The molecule has 0 radical (unpaired) electrons. The van der Waals surface area contributed by atoms with Crippen molar-refractivity contribution in [2.24, 2.45) is 0 Å². The number of hydrogen-bond acceptors (Lipinski definition) is 3. The summed E-state index contributed by atoms with van der Waals surface area (Å²) in [4.78, 5) is 11.9. The molecule has 0 bridgehead atoms. The molecule has 1 aromatic heterocycles. The number of carbonyl (C=O) groups is 1. The summed E-state index contributed by atoms with van der Waals surface area (Å²) in [5.74, 6) is 0.563. The lowest BCUT2D eigenvalue weighted by atomic mass is 10.2. The van der Waals surface area contributed by atoms with E-state index in [0.29, 0.717) is 5.69 Å². The number of hydrogen-bond donors (Lipinski definition) is 2. The van der Waals surface area contributed by atoms with Crippen LogP contribution in [0.5, 0.6) is 5.75 Å². The third-order valence-corrected chi connectivity index (χ3v) is 2.40. The maximum atomic E-state index is 11.9. The lowest BCUT2D eigenvalue weighted by molar-refractivity contribution is 0.0939. The molecular weight excluding hydrogens is 218 g/mol. The van der Waals surface area contributed by atoms with Gasteiger partial charge in [0.25, 0.3) is 5.91 Å². The second-order valence-electron chi connectivity index (χ2n) is 4.11. The van der Waals surface area contributed by atoms with Crippen molar-refractivity contribution in [1.82, 2.24) is 15.5 Å². The van der Waals surface area contributed by atoms with Gasteiger partial charge in [-0.25, -0.2) is 0 Å². The Labute approximate surface area is 99.2 Å². The maximum absolute atomic E-state index is 11.9. The second kappa shape index (κ2) is 4.45. The van der Waals surface area contributed by atoms with E-state index in [9.17, 15) is 4.79 Å². The number of nitrogens with one attached hydrogen (secondary N) is 2. The predicted octanol–water partition coefficient (Wildman–Crippen LogP) is 1.71. The molecule has 0 aliphatic heterocycles. The second-order valence-corrected chi connectivity index (χ2v) is 4.11. The fourth-order valence-electron chi connectivity index (χ4n) is 1.63. The van der Waals surface area contributed by atoms with Crippen LogP contribution in [-0.4, -0.2) is 29.3 Å². The van der Waals surface area contributed by atoms with Crippen molar-refractivity contribution in [2.75, 3.05) is 7.11 Å². The van der Waals surface area contributed by atoms with E-state index in [0.717, 1.165) is 16.7 Å². The van der Waals surface area contributed by atoms with Crippen LogP contribution in [0.3, 0.4) is 0 Å². The van der Waals surface area contributed by atoms with Crippen LogP contribution < -0.4 is 10.1 Å². The average molecular weight is 233 g/mol. The highest BCUT2D eigenvalue weighted by molar-refractivity contribution is 6.04. The van der Waals surface area contributed by atoms with Crippen molar-refractivity contribution in [1.29, 1.82) is 0 Å². The van der Waals surface area contributed by atoms with Crippen LogP contribution >= 0.6 is 0 Å². The van der Waals surface area contributed by atoms with Gasteiger partial charge in [-0.2, -0.15) is 5.10 Å². The molecular formula is C12H15N3O2. The van der Waals surface area contributed by atoms with Crippen molar-refractivity contribution in [2.45, 2.75) is 19.9 Å². The third kappa shape index (κ3) is 2.22. The number of H-pyrrole nitrogens is 1. The van der Waals surface area contributed by atoms with Crippen LogP contribution in [0, 0.1) is 0 Å². The molecule has 1 heterocycles. The number of rotatable bonds is 3. The summed E-state index contributed by atoms with van der Waals surface area (Å²) in [5, 5.41) is 10.5. The Hall–Kier alpha value is -2.04. The molecule has 2 aromatic rings. The van der Waals surface area contributed by atoms with Crippen LogP contribution in [-0.2, 0) is 0 Å². The number of carbonyl (C=O) groups excluding carboxylic acids is 1. The summed E-state index contributed by atoms with van der Waals surface area (Å²) in [5.41, 5.74) is 1.20. The quantitative estimate of drug-likeness (QED) is 0.848. The lowest BCUT2D eigenvalue weighted by Gasteiger charge is -2.06. The van der Waals surface area contributed by atoms with Gasteiger partial charge in [0.2, 0.25) is 0 Å². The topological polar surface area (TPSA) is 67.0 Å². The van der Waals surface area contributed by atoms with Gasteiger partial charge >= 0.3 is 0 Å². The predicted molar refractivity (Wildman–Crippen MR) is 65.2 cm³/mol. The van der Waals surface area contributed by atoms with E-state index in [-0.39, 0.29) is 11.9 Å². The Morgan fingerprint density at radius 1 is 1.47 bits per heavy atom. The minimum Gasteiger partial charge on any atom is -0.497 e. The summed E-state index contributed by atoms with van der Waals surface area (Å²) in [7, 11) is 1.60. The molecule has 17 heavy (non-hydrogen) atoms. The van der Waals surface area contributed by atoms with Gasteiger partial charge in [-0.3, -0.25) is 9.89 Å². The molecule has 5 nitrogen and oxygen atoms in total. The first-order chi connectivity index (χ1) is 8.11. The number of nitrogens with zero attached hydrogens (tertiary/aromatic N) is 1. The van der Waals surface area contributed by atoms with E-state index >= 15 is 0 Å². The van der Waals surface area contributed by atoms with E-state index in [4.69, 9.17) is 4.74 Å². The molecule has 0 aliphatic carbocycles. The summed E-state index contributed by atoms with van der Waals surface area (Å²) in [6.45, 7) is 3.82. The summed E-state index contributed by atoms with van der Waals surface area (Å²) in [6, 6.07) is 5.54. The van der Waals surface area contributed by atoms with E-state index in [1.54, 1.807) is 7.11 Å².